The van der Waals surface area contributed by atoms with Gasteiger partial charge >= 0.3 is 19.7 Å². The number of esters is 1. The number of carbonyl (C=O) groups excluding carboxylic acids is 1. The second-order valence-corrected chi connectivity index (χ2v) is 8.19. The van der Waals surface area contributed by atoms with Crippen LogP contribution in [-0.4, -0.2) is 31.7 Å². The number of alkyl halides is 3. The van der Waals surface area contributed by atoms with Gasteiger partial charge in [-0.1, -0.05) is 18.2 Å². The van der Waals surface area contributed by atoms with Crippen LogP contribution in [0.15, 0.2) is 48.5 Å². The normalized spacial score (nSPS) is 12.8. The minimum Gasteiger partial charge on any atom is -0.482 e. The lowest BCUT2D eigenvalue weighted by Crippen LogP contribution is -2.19. The summed E-state index contributed by atoms with van der Waals surface area (Å²) in [5.74, 6) is -3.05. The quantitative estimate of drug-likeness (QED) is 0.227. The number of carbonyl (C=O) groups is 1. The molecule has 2 rings (SSSR count). The first-order valence-corrected chi connectivity index (χ1v) is 10.1. The van der Waals surface area contributed by atoms with Crippen molar-refractivity contribution in [1.29, 1.82) is 0 Å². The van der Waals surface area contributed by atoms with Gasteiger partial charge in [0, 0.05) is 31.9 Å². The Morgan fingerprint density at radius 3 is 2.35 bits per heavy atom. The van der Waals surface area contributed by atoms with E-state index in [1.165, 1.54) is 24.3 Å². The van der Waals surface area contributed by atoms with Crippen LogP contribution in [0, 0.1) is 10.1 Å². The zero-order chi connectivity index (χ0) is 23.2. The van der Waals surface area contributed by atoms with Crippen LogP contribution in [0.2, 0.25) is 0 Å². The molecular weight excluding hydrogens is 446 g/mol. The summed E-state index contributed by atoms with van der Waals surface area (Å²) in [5.41, 5.74) is -1.39. The maximum Gasteiger partial charge on any atom is 0.416 e. The average Bonchev–Trinajstić information content (AvgIpc) is 2.75. The van der Waals surface area contributed by atoms with Crippen molar-refractivity contribution in [1.82, 2.24) is 0 Å². The number of hydrogen-bond acceptors (Lipinski definition) is 8. The van der Waals surface area contributed by atoms with Crippen molar-refractivity contribution in [3.63, 3.8) is 0 Å². The van der Waals surface area contributed by atoms with E-state index in [4.69, 9.17) is 18.5 Å². The third kappa shape index (κ3) is 6.27. The molecule has 0 bridgehead atoms. The van der Waals surface area contributed by atoms with Gasteiger partial charge in [-0.2, -0.15) is 13.2 Å². The van der Waals surface area contributed by atoms with Gasteiger partial charge in [-0.15, -0.1) is 0 Å². The Morgan fingerprint density at radius 2 is 1.77 bits per heavy atom. The lowest BCUT2D eigenvalue weighted by molar-refractivity contribution is -0.385. The highest BCUT2D eigenvalue weighted by Gasteiger charge is 2.40. The molecule has 9 nitrogen and oxygen atoms in total. The molecule has 0 saturated carbocycles. The van der Waals surface area contributed by atoms with Crippen molar-refractivity contribution in [2.75, 3.05) is 20.8 Å². The fourth-order valence-electron chi connectivity index (χ4n) is 2.44. The summed E-state index contributed by atoms with van der Waals surface area (Å²) in [5, 5.41) is 11.0. The first-order valence-electron chi connectivity index (χ1n) is 8.45. The number of nitrogens with zero attached hydrogens (tertiary/aromatic N) is 1. The largest absolute Gasteiger partial charge is 0.482 e. The number of benzene rings is 2. The number of rotatable bonds is 9. The van der Waals surface area contributed by atoms with Crippen LogP contribution >= 0.6 is 7.60 Å². The van der Waals surface area contributed by atoms with Crippen molar-refractivity contribution >= 4 is 19.3 Å². The standard InChI is InChI=1S/C18H17F3NO8P/c1-27-31(26,28-2)17(12-5-3-7-14(9-12)22(24)25)30-16(23)11-29-15-8-4-6-13(10-15)18(19,20)21/h3-10,17H,11H2,1-2H3. The zero-order valence-electron chi connectivity index (χ0n) is 16.2. The van der Waals surface area contributed by atoms with Gasteiger partial charge in [0.05, 0.1) is 10.5 Å². The molecule has 0 amide bonds. The summed E-state index contributed by atoms with van der Waals surface area (Å²) in [7, 11) is -2.05. The van der Waals surface area contributed by atoms with Gasteiger partial charge in [-0.3, -0.25) is 14.7 Å². The first-order chi connectivity index (χ1) is 14.5. The van der Waals surface area contributed by atoms with E-state index in [1.54, 1.807) is 0 Å². The maximum atomic E-state index is 12.8. The molecule has 13 heteroatoms. The molecular formula is C18H17F3NO8P. The lowest BCUT2D eigenvalue weighted by Gasteiger charge is -2.24. The highest BCUT2D eigenvalue weighted by molar-refractivity contribution is 7.54. The minimum absolute atomic E-state index is 0.0475. The SMILES string of the molecule is COP(=O)(OC)C(OC(=O)COc1cccc(C(F)(F)F)c1)c1cccc([N+](=O)[O-])c1. The number of non-ortho nitro benzene ring substituents is 1. The van der Waals surface area contributed by atoms with Crippen LogP contribution in [0.3, 0.4) is 0 Å². The van der Waals surface area contributed by atoms with Crippen molar-refractivity contribution in [2.45, 2.75) is 12.0 Å². The van der Waals surface area contributed by atoms with Crippen LogP contribution in [-0.2, 0) is 29.3 Å². The summed E-state index contributed by atoms with van der Waals surface area (Å²) >= 11 is 0. The Labute approximate surface area is 174 Å². The molecule has 1 atom stereocenters. The zero-order valence-corrected chi connectivity index (χ0v) is 17.1. The van der Waals surface area contributed by atoms with E-state index < -0.39 is 42.7 Å². The second kappa shape index (κ2) is 9.90. The predicted octanol–water partition coefficient (Wildman–Crippen LogP) is 4.72. The Morgan fingerprint density at radius 1 is 1.13 bits per heavy atom. The maximum absolute atomic E-state index is 12.8. The summed E-state index contributed by atoms with van der Waals surface area (Å²) in [6.07, 6.45) is -4.60. The third-order valence-electron chi connectivity index (χ3n) is 3.92. The van der Waals surface area contributed by atoms with E-state index >= 15 is 0 Å². The molecule has 0 saturated heterocycles. The highest BCUT2D eigenvalue weighted by Crippen LogP contribution is 2.60. The molecule has 0 radical (unpaired) electrons. The van der Waals surface area contributed by atoms with Gasteiger partial charge in [-0.05, 0) is 18.2 Å². The molecule has 0 fully saturated rings. The van der Waals surface area contributed by atoms with Crippen LogP contribution in [0.25, 0.3) is 0 Å². The summed E-state index contributed by atoms with van der Waals surface area (Å²) in [6, 6.07) is 8.61. The number of hydrogen-bond donors (Lipinski definition) is 0. The lowest BCUT2D eigenvalue weighted by atomic mass is 10.2. The average molecular weight is 463 g/mol. The highest BCUT2D eigenvalue weighted by atomic mass is 31.2. The molecule has 0 heterocycles. The van der Waals surface area contributed by atoms with E-state index in [9.17, 15) is 32.6 Å². The molecule has 0 aliphatic heterocycles. The van der Waals surface area contributed by atoms with Crippen molar-refractivity contribution in [2.24, 2.45) is 0 Å². The molecule has 1 unspecified atom stereocenters. The van der Waals surface area contributed by atoms with Crippen LogP contribution in [0.5, 0.6) is 5.75 Å². The molecule has 0 spiro atoms. The number of ether oxygens (including phenoxy) is 2. The second-order valence-electron chi connectivity index (χ2n) is 5.91. The Bertz CT molecular complexity index is 990. The molecule has 168 valence electrons. The van der Waals surface area contributed by atoms with Crippen LogP contribution < -0.4 is 4.74 Å². The molecule has 0 aromatic heterocycles. The number of nitro benzene ring substituents is 1. The molecule has 0 N–H and O–H groups in total. The van der Waals surface area contributed by atoms with E-state index in [2.05, 4.69) is 0 Å². The first kappa shape index (κ1) is 24.3. The van der Waals surface area contributed by atoms with E-state index in [0.717, 1.165) is 32.4 Å². The fraction of sp³-hybridized carbons (Fsp3) is 0.278. The summed E-state index contributed by atoms with van der Waals surface area (Å²) < 4.78 is 71.0. The molecule has 0 aliphatic carbocycles. The van der Waals surface area contributed by atoms with Crippen molar-refractivity contribution in [3.05, 3.63) is 69.8 Å². The van der Waals surface area contributed by atoms with E-state index in [1.807, 2.05) is 0 Å². The Kier molecular flexibility index (Phi) is 7.77. The van der Waals surface area contributed by atoms with Gasteiger partial charge in [0.1, 0.15) is 5.75 Å². The van der Waals surface area contributed by atoms with Crippen molar-refractivity contribution < 1.29 is 46.0 Å². The monoisotopic (exact) mass is 463 g/mol. The smallest absolute Gasteiger partial charge is 0.416 e. The minimum atomic E-state index is -4.60. The molecule has 31 heavy (non-hydrogen) atoms. The van der Waals surface area contributed by atoms with Gasteiger partial charge in [0.2, 0.25) is 5.85 Å². The van der Waals surface area contributed by atoms with E-state index in [0.29, 0.717) is 6.07 Å². The Hall–Kier alpha value is -2.95. The summed E-state index contributed by atoms with van der Waals surface area (Å²) in [6.45, 7) is -0.833. The van der Waals surface area contributed by atoms with Crippen molar-refractivity contribution in [3.8, 4) is 5.75 Å². The van der Waals surface area contributed by atoms with E-state index in [-0.39, 0.29) is 17.0 Å². The molecule has 2 aromatic carbocycles. The van der Waals surface area contributed by atoms with Gasteiger partial charge in [0.25, 0.3) is 5.69 Å². The summed E-state index contributed by atoms with van der Waals surface area (Å²) in [4.78, 5) is 22.5. The van der Waals surface area contributed by atoms with Gasteiger partial charge < -0.3 is 18.5 Å². The predicted molar refractivity (Wildman–Crippen MR) is 100 cm³/mol. The van der Waals surface area contributed by atoms with Crippen LogP contribution in [0.4, 0.5) is 18.9 Å². The number of halogens is 3. The Balaban J connectivity index is 2.21. The molecule has 2 aromatic rings. The third-order valence-corrected chi connectivity index (χ3v) is 5.92. The van der Waals surface area contributed by atoms with Gasteiger partial charge in [-0.25, -0.2) is 4.79 Å². The van der Waals surface area contributed by atoms with Crippen LogP contribution in [0.1, 0.15) is 17.0 Å². The van der Waals surface area contributed by atoms with Gasteiger partial charge in [0.15, 0.2) is 6.61 Å². The number of nitro groups is 1. The fourth-order valence-corrected chi connectivity index (χ4v) is 3.74. The topological polar surface area (TPSA) is 114 Å². The molecule has 0 aliphatic rings.